The van der Waals surface area contributed by atoms with Crippen molar-refractivity contribution in [2.24, 2.45) is 0 Å². The van der Waals surface area contributed by atoms with Gasteiger partial charge in [0.25, 0.3) is 0 Å². The van der Waals surface area contributed by atoms with Crippen molar-refractivity contribution in [2.45, 2.75) is 6.92 Å². The third-order valence-corrected chi connectivity index (χ3v) is 3.32. The number of rotatable bonds is 1. The molecule has 2 heterocycles. The summed E-state index contributed by atoms with van der Waals surface area (Å²) in [5, 5.41) is 5.88. The summed E-state index contributed by atoms with van der Waals surface area (Å²) >= 11 is 0. The Morgan fingerprint density at radius 2 is 1.94 bits per heavy atom. The van der Waals surface area contributed by atoms with Crippen LogP contribution < -0.4 is 10.2 Å². The molecule has 1 aromatic heterocycles. The van der Waals surface area contributed by atoms with E-state index in [0.717, 1.165) is 31.9 Å². The Labute approximate surface area is 101 Å². The number of hydrogen-bond acceptors (Lipinski definition) is 3. The predicted molar refractivity (Wildman–Crippen MR) is 71.6 cm³/mol. The number of aryl methyl sites for hydroxylation is 1. The molecule has 1 aliphatic rings. The maximum Gasteiger partial charge on any atom is 0.0379 e. The zero-order chi connectivity index (χ0) is 11.7. The number of benzene rings is 1. The van der Waals surface area contributed by atoms with E-state index in [1.807, 2.05) is 13.1 Å². The second kappa shape index (κ2) is 4.34. The van der Waals surface area contributed by atoms with E-state index in [2.05, 4.69) is 39.5 Å². The van der Waals surface area contributed by atoms with E-state index in [1.54, 1.807) is 0 Å². The topological polar surface area (TPSA) is 28.2 Å². The molecule has 1 N–H and O–H groups in total. The van der Waals surface area contributed by atoms with Crippen molar-refractivity contribution >= 4 is 16.5 Å². The van der Waals surface area contributed by atoms with Gasteiger partial charge in [0.2, 0.25) is 0 Å². The van der Waals surface area contributed by atoms with Crippen molar-refractivity contribution in [1.82, 2.24) is 10.3 Å². The largest absolute Gasteiger partial charge is 0.369 e. The minimum atomic E-state index is 1.08. The van der Waals surface area contributed by atoms with Gasteiger partial charge in [0, 0.05) is 49.1 Å². The fourth-order valence-electron chi connectivity index (χ4n) is 2.36. The monoisotopic (exact) mass is 227 g/mol. The second-order valence-electron chi connectivity index (χ2n) is 4.59. The first-order valence-electron chi connectivity index (χ1n) is 6.15. The normalized spacial score (nSPS) is 16.4. The minimum Gasteiger partial charge on any atom is -0.369 e. The third-order valence-electron chi connectivity index (χ3n) is 3.32. The molecule has 1 saturated heterocycles. The summed E-state index contributed by atoms with van der Waals surface area (Å²) in [4.78, 5) is 6.76. The smallest absolute Gasteiger partial charge is 0.0379 e. The molecule has 17 heavy (non-hydrogen) atoms. The van der Waals surface area contributed by atoms with Gasteiger partial charge in [0.05, 0.1) is 0 Å². The van der Waals surface area contributed by atoms with Gasteiger partial charge in [-0.3, -0.25) is 4.98 Å². The summed E-state index contributed by atoms with van der Waals surface area (Å²) in [5.74, 6) is 0. The maximum absolute atomic E-state index is 4.33. The van der Waals surface area contributed by atoms with Crippen LogP contribution in [0.15, 0.2) is 30.5 Å². The average molecular weight is 227 g/mol. The van der Waals surface area contributed by atoms with Crippen LogP contribution in [0.3, 0.4) is 0 Å². The van der Waals surface area contributed by atoms with E-state index >= 15 is 0 Å². The van der Waals surface area contributed by atoms with Crippen molar-refractivity contribution in [3.63, 3.8) is 0 Å². The second-order valence-corrected chi connectivity index (χ2v) is 4.59. The first kappa shape index (κ1) is 10.5. The summed E-state index contributed by atoms with van der Waals surface area (Å²) in [6.07, 6.45) is 1.95. The molecular weight excluding hydrogens is 210 g/mol. The van der Waals surface area contributed by atoms with Crippen LogP contribution in [0.1, 0.15) is 5.69 Å². The van der Waals surface area contributed by atoms with Crippen LogP contribution in [0.4, 0.5) is 5.69 Å². The van der Waals surface area contributed by atoms with Gasteiger partial charge >= 0.3 is 0 Å². The van der Waals surface area contributed by atoms with Gasteiger partial charge in [0.15, 0.2) is 0 Å². The van der Waals surface area contributed by atoms with Gasteiger partial charge in [-0.1, -0.05) is 6.07 Å². The van der Waals surface area contributed by atoms with Crippen LogP contribution in [0.25, 0.3) is 10.8 Å². The molecule has 88 valence electrons. The van der Waals surface area contributed by atoms with E-state index in [9.17, 15) is 0 Å². The summed E-state index contributed by atoms with van der Waals surface area (Å²) in [6.45, 7) is 6.38. The fourth-order valence-corrected chi connectivity index (χ4v) is 2.36. The van der Waals surface area contributed by atoms with E-state index < -0.39 is 0 Å². The number of aromatic nitrogens is 1. The van der Waals surface area contributed by atoms with Gasteiger partial charge in [-0.25, -0.2) is 0 Å². The highest BCUT2D eigenvalue weighted by Gasteiger charge is 2.10. The molecule has 0 bridgehead atoms. The van der Waals surface area contributed by atoms with Gasteiger partial charge in [0.1, 0.15) is 0 Å². The number of hydrogen-bond donors (Lipinski definition) is 1. The number of nitrogens with zero attached hydrogens (tertiary/aromatic N) is 2. The maximum atomic E-state index is 4.33. The molecule has 1 fully saturated rings. The molecule has 0 saturated carbocycles. The van der Waals surface area contributed by atoms with Crippen LogP contribution in [-0.4, -0.2) is 31.2 Å². The Morgan fingerprint density at radius 3 is 2.76 bits per heavy atom. The minimum absolute atomic E-state index is 1.08. The summed E-state index contributed by atoms with van der Waals surface area (Å²) in [5.41, 5.74) is 2.40. The first-order valence-corrected chi connectivity index (χ1v) is 6.15. The van der Waals surface area contributed by atoms with Crippen LogP contribution in [0, 0.1) is 6.92 Å². The van der Waals surface area contributed by atoms with Crippen molar-refractivity contribution < 1.29 is 0 Å². The Kier molecular flexibility index (Phi) is 2.69. The summed E-state index contributed by atoms with van der Waals surface area (Å²) < 4.78 is 0. The molecule has 3 rings (SSSR count). The van der Waals surface area contributed by atoms with Gasteiger partial charge < -0.3 is 10.2 Å². The van der Waals surface area contributed by atoms with Crippen molar-refractivity contribution in [3.05, 3.63) is 36.2 Å². The fraction of sp³-hybridized carbons (Fsp3) is 0.357. The molecule has 3 heteroatoms. The molecule has 0 spiro atoms. The Bertz CT molecular complexity index is 530. The highest BCUT2D eigenvalue weighted by molar-refractivity contribution is 5.85. The molecular formula is C14H17N3. The highest BCUT2D eigenvalue weighted by atomic mass is 15.2. The molecule has 3 nitrogen and oxygen atoms in total. The van der Waals surface area contributed by atoms with E-state index in [4.69, 9.17) is 0 Å². The van der Waals surface area contributed by atoms with Gasteiger partial charge in [-0.15, -0.1) is 0 Å². The first-order chi connectivity index (χ1) is 8.33. The molecule has 1 aliphatic heterocycles. The summed E-state index contributed by atoms with van der Waals surface area (Å²) in [6, 6.07) is 8.79. The molecule has 0 atom stereocenters. The quantitative estimate of drug-likeness (QED) is 0.807. The van der Waals surface area contributed by atoms with Crippen LogP contribution in [0.2, 0.25) is 0 Å². The molecule has 2 aromatic rings. The van der Waals surface area contributed by atoms with Crippen molar-refractivity contribution in [1.29, 1.82) is 0 Å². The molecule has 0 amide bonds. The lowest BCUT2D eigenvalue weighted by molar-refractivity contribution is 0.589. The van der Waals surface area contributed by atoms with Gasteiger partial charge in [-0.05, 0) is 30.5 Å². The SMILES string of the molecule is Cc1cc2cc(N3CCNCC3)ccc2cn1. The molecule has 0 aliphatic carbocycles. The number of pyridine rings is 1. The van der Waals surface area contributed by atoms with E-state index in [0.29, 0.717) is 0 Å². The molecule has 1 aromatic carbocycles. The van der Waals surface area contributed by atoms with Crippen molar-refractivity contribution in [2.75, 3.05) is 31.1 Å². The number of nitrogens with one attached hydrogen (secondary N) is 1. The standard InChI is InChI=1S/C14H17N3/c1-11-8-13-9-14(3-2-12(13)10-16-11)17-6-4-15-5-7-17/h2-3,8-10,15H,4-7H2,1H3. The summed E-state index contributed by atoms with van der Waals surface area (Å²) in [7, 11) is 0. The lowest BCUT2D eigenvalue weighted by Crippen LogP contribution is -2.43. The highest BCUT2D eigenvalue weighted by Crippen LogP contribution is 2.22. The Morgan fingerprint density at radius 1 is 1.12 bits per heavy atom. The Hall–Kier alpha value is -1.61. The van der Waals surface area contributed by atoms with E-state index in [-0.39, 0.29) is 0 Å². The van der Waals surface area contributed by atoms with Crippen LogP contribution >= 0.6 is 0 Å². The number of piperazine rings is 1. The average Bonchev–Trinajstić information content (AvgIpc) is 2.39. The van der Waals surface area contributed by atoms with Crippen LogP contribution in [0.5, 0.6) is 0 Å². The predicted octanol–water partition coefficient (Wildman–Crippen LogP) is 1.95. The third kappa shape index (κ3) is 2.11. The van der Waals surface area contributed by atoms with E-state index in [1.165, 1.54) is 16.5 Å². The lowest BCUT2D eigenvalue weighted by atomic mass is 10.1. The Balaban J connectivity index is 1.99. The molecule has 0 radical (unpaired) electrons. The van der Waals surface area contributed by atoms with Gasteiger partial charge in [-0.2, -0.15) is 0 Å². The molecule has 0 unspecified atom stereocenters. The number of anilines is 1. The zero-order valence-electron chi connectivity index (χ0n) is 10.1. The lowest BCUT2D eigenvalue weighted by Gasteiger charge is -2.29. The van der Waals surface area contributed by atoms with Crippen LogP contribution in [-0.2, 0) is 0 Å². The number of fused-ring (bicyclic) bond motifs is 1. The van der Waals surface area contributed by atoms with Crippen molar-refractivity contribution in [3.8, 4) is 0 Å². The zero-order valence-corrected chi connectivity index (χ0v) is 10.1.